The average Bonchev–Trinajstić information content (AvgIpc) is 2.57. The van der Waals surface area contributed by atoms with Crippen molar-refractivity contribution in [2.75, 3.05) is 26.8 Å². The van der Waals surface area contributed by atoms with Crippen LogP contribution in [-0.2, 0) is 9.53 Å². The monoisotopic (exact) mass is 347 g/mol. The number of carbonyl (C=O) groups is 1. The maximum atomic E-state index is 12.4. The van der Waals surface area contributed by atoms with E-state index in [1.165, 1.54) is 0 Å². The van der Waals surface area contributed by atoms with Crippen molar-refractivity contribution in [3.05, 3.63) is 29.8 Å². The molecule has 1 aliphatic heterocycles. The molecular formula is C20H29NO4. The standard InChI is InChI=1S/C20H29NO4/c1-14(2)13-24-18-8-6-17(10-19(18)23-5)7-9-20(22)21-11-15(3)25-16(4)12-21/h6-10,14-16H,11-13H2,1-5H3/b9-7+. The zero-order valence-corrected chi connectivity index (χ0v) is 15.8. The van der Waals surface area contributed by atoms with Gasteiger partial charge in [0, 0.05) is 19.2 Å². The summed E-state index contributed by atoms with van der Waals surface area (Å²) >= 11 is 0. The van der Waals surface area contributed by atoms with Gasteiger partial charge < -0.3 is 19.1 Å². The first-order valence-electron chi connectivity index (χ1n) is 8.82. The fraction of sp³-hybridized carbons (Fsp3) is 0.550. The normalized spacial score (nSPS) is 21.0. The van der Waals surface area contributed by atoms with Crippen LogP contribution >= 0.6 is 0 Å². The molecule has 5 heteroatoms. The quantitative estimate of drug-likeness (QED) is 0.740. The van der Waals surface area contributed by atoms with Crippen molar-refractivity contribution in [2.24, 2.45) is 5.92 Å². The van der Waals surface area contributed by atoms with Gasteiger partial charge in [-0.3, -0.25) is 4.79 Å². The molecule has 1 saturated heterocycles. The third kappa shape index (κ3) is 5.78. The number of methoxy groups -OCH3 is 1. The maximum absolute atomic E-state index is 12.4. The lowest BCUT2D eigenvalue weighted by Gasteiger charge is -2.34. The van der Waals surface area contributed by atoms with Crippen LogP contribution in [0, 0.1) is 5.92 Å². The first kappa shape index (κ1) is 19.3. The average molecular weight is 347 g/mol. The number of ether oxygens (including phenoxy) is 3. The van der Waals surface area contributed by atoms with Gasteiger partial charge >= 0.3 is 0 Å². The fourth-order valence-electron chi connectivity index (χ4n) is 2.79. The van der Waals surface area contributed by atoms with Crippen molar-refractivity contribution < 1.29 is 19.0 Å². The van der Waals surface area contributed by atoms with Crippen LogP contribution in [0.15, 0.2) is 24.3 Å². The SMILES string of the molecule is COc1cc(/C=C/C(=O)N2CC(C)OC(C)C2)ccc1OCC(C)C. The van der Waals surface area contributed by atoms with Crippen LogP contribution in [-0.4, -0.2) is 49.8 Å². The van der Waals surface area contributed by atoms with E-state index in [1.807, 2.05) is 43.0 Å². The number of hydrogen-bond donors (Lipinski definition) is 0. The molecule has 0 bridgehead atoms. The van der Waals surface area contributed by atoms with E-state index in [4.69, 9.17) is 14.2 Å². The van der Waals surface area contributed by atoms with E-state index in [0.717, 1.165) is 11.3 Å². The van der Waals surface area contributed by atoms with Crippen molar-refractivity contribution in [3.8, 4) is 11.5 Å². The third-order valence-electron chi connectivity index (χ3n) is 3.91. The molecule has 5 nitrogen and oxygen atoms in total. The Hall–Kier alpha value is -2.01. The lowest BCUT2D eigenvalue weighted by atomic mass is 10.1. The van der Waals surface area contributed by atoms with Gasteiger partial charge in [0.05, 0.1) is 25.9 Å². The number of carbonyl (C=O) groups excluding carboxylic acids is 1. The van der Waals surface area contributed by atoms with Gasteiger partial charge in [0.1, 0.15) is 0 Å². The fourth-order valence-corrected chi connectivity index (χ4v) is 2.79. The Morgan fingerprint density at radius 3 is 2.56 bits per heavy atom. The largest absolute Gasteiger partial charge is 0.493 e. The van der Waals surface area contributed by atoms with Crippen LogP contribution in [0.3, 0.4) is 0 Å². The molecular weight excluding hydrogens is 318 g/mol. The molecule has 1 heterocycles. The molecule has 0 aromatic heterocycles. The zero-order valence-electron chi connectivity index (χ0n) is 15.8. The first-order valence-corrected chi connectivity index (χ1v) is 8.82. The molecule has 1 aromatic carbocycles. The summed E-state index contributed by atoms with van der Waals surface area (Å²) in [6, 6.07) is 5.68. The molecule has 2 rings (SSSR count). The van der Waals surface area contributed by atoms with Crippen LogP contribution in [0.25, 0.3) is 6.08 Å². The summed E-state index contributed by atoms with van der Waals surface area (Å²) in [6.45, 7) is 10.1. The van der Waals surface area contributed by atoms with E-state index < -0.39 is 0 Å². The van der Waals surface area contributed by atoms with E-state index in [9.17, 15) is 4.79 Å². The molecule has 0 saturated carbocycles. The Bertz CT molecular complexity index is 602. The zero-order chi connectivity index (χ0) is 18.4. The molecule has 0 radical (unpaired) electrons. The molecule has 0 spiro atoms. The summed E-state index contributed by atoms with van der Waals surface area (Å²) in [5.74, 6) is 1.83. The van der Waals surface area contributed by atoms with Gasteiger partial charge in [-0.1, -0.05) is 19.9 Å². The van der Waals surface area contributed by atoms with Crippen molar-refractivity contribution in [3.63, 3.8) is 0 Å². The predicted molar refractivity (Wildman–Crippen MR) is 99.0 cm³/mol. The summed E-state index contributed by atoms with van der Waals surface area (Å²) in [5.41, 5.74) is 0.899. The molecule has 0 aliphatic carbocycles. The molecule has 2 unspecified atom stereocenters. The topological polar surface area (TPSA) is 48.0 Å². The molecule has 1 aromatic rings. The number of benzene rings is 1. The summed E-state index contributed by atoms with van der Waals surface area (Å²) in [5, 5.41) is 0. The molecule has 2 atom stereocenters. The highest BCUT2D eigenvalue weighted by Crippen LogP contribution is 2.29. The molecule has 138 valence electrons. The second-order valence-corrected chi connectivity index (χ2v) is 6.95. The number of nitrogens with zero attached hydrogens (tertiary/aromatic N) is 1. The van der Waals surface area contributed by atoms with Gasteiger partial charge in [0.25, 0.3) is 0 Å². The molecule has 1 aliphatic rings. The van der Waals surface area contributed by atoms with Gasteiger partial charge in [0.2, 0.25) is 5.91 Å². The van der Waals surface area contributed by atoms with Gasteiger partial charge in [-0.05, 0) is 43.5 Å². The number of hydrogen-bond acceptors (Lipinski definition) is 4. The Kier molecular flexibility index (Phi) is 6.88. The van der Waals surface area contributed by atoms with Crippen molar-refractivity contribution in [1.29, 1.82) is 0 Å². The number of rotatable bonds is 6. The summed E-state index contributed by atoms with van der Waals surface area (Å²) in [4.78, 5) is 14.2. The van der Waals surface area contributed by atoms with Crippen LogP contribution in [0.1, 0.15) is 33.3 Å². The second kappa shape index (κ2) is 8.90. The van der Waals surface area contributed by atoms with E-state index in [-0.39, 0.29) is 18.1 Å². The van der Waals surface area contributed by atoms with Crippen LogP contribution in [0.4, 0.5) is 0 Å². The second-order valence-electron chi connectivity index (χ2n) is 6.95. The third-order valence-corrected chi connectivity index (χ3v) is 3.91. The van der Waals surface area contributed by atoms with E-state index in [1.54, 1.807) is 13.2 Å². The highest BCUT2D eigenvalue weighted by Gasteiger charge is 2.24. The molecule has 1 fully saturated rings. The minimum absolute atomic E-state index is 0.00102. The van der Waals surface area contributed by atoms with Crippen LogP contribution in [0.5, 0.6) is 11.5 Å². The summed E-state index contributed by atoms with van der Waals surface area (Å²) in [7, 11) is 1.62. The molecule has 25 heavy (non-hydrogen) atoms. The highest BCUT2D eigenvalue weighted by molar-refractivity contribution is 5.92. The Morgan fingerprint density at radius 2 is 1.96 bits per heavy atom. The predicted octanol–water partition coefficient (Wildman–Crippen LogP) is 3.38. The van der Waals surface area contributed by atoms with Crippen molar-refractivity contribution in [2.45, 2.75) is 39.9 Å². The van der Waals surface area contributed by atoms with E-state index >= 15 is 0 Å². The Morgan fingerprint density at radius 1 is 1.28 bits per heavy atom. The van der Waals surface area contributed by atoms with E-state index in [2.05, 4.69) is 13.8 Å². The molecule has 1 amide bonds. The van der Waals surface area contributed by atoms with Crippen molar-refractivity contribution >= 4 is 12.0 Å². The first-order chi connectivity index (χ1) is 11.9. The summed E-state index contributed by atoms with van der Waals surface area (Å²) in [6.07, 6.45) is 3.55. The van der Waals surface area contributed by atoms with Crippen LogP contribution in [0.2, 0.25) is 0 Å². The van der Waals surface area contributed by atoms with E-state index in [0.29, 0.717) is 31.4 Å². The summed E-state index contributed by atoms with van der Waals surface area (Å²) < 4.78 is 16.8. The Balaban J connectivity index is 2.03. The lowest BCUT2D eigenvalue weighted by molar-refractivity contribution is -0.137. The molecule has 0 N–H and O–H groups in total. The van der Waals surface area contributed by atoms with Crippen molar-refractivity contribution in [1.82, 2.24) is 4.90 Å². The minimum atomic E-state index is 0.00102. The van der Waals surface area contributed by atoms with Gasteiger partial charge in [-0.15, -0.1) is 0 Å². The van der Waals surface area contributed by atoms with Gasteiger partial charge in [-0.25, -0.2) is 0 Å². The van der Waals surface area contributed by atoms with Gasteiger partial charge in [0.15, 0.2) is 11.5 Å². The van der Waals surface area contributed by atoms with Crippen LogP contribution < -0.4 is 9.47 Å². The number of amides is 1. The smallest absolute Gasteiger partial charge is 0.246 e. The maximum Gasteiger partial charge on any atom is 0.246 e. The van der Waals surface area contributed by atoms with Gasteiger partial charge in [-0.2, -0.15) is 0 Å². The lowest BCUT2D eigenvalue weighted by Crippen LogP contribution is -2.47. The number of morpholine rings is 1. The highest BCUT2D eigenvalue weighted by atomic mass is 16.5. The Labute approximate surface area is 150 Å². The minimum Gasteiger partial charge on any atom is -0.493 e.